The highest BCUT2D eigenvalue weighted by atomic mass is 15.2. The third kappa shape index (κ3) is 7.89. The molecule has 4 nitrogen and oxygen atoms in total. The molecular formula is C94H78N4. The molecule has 7 aliphatic carbocycles. The minimum Gasteiger partial charge on any atom is -0.358 e. The van der Waals surface area contributed by atoms with Gasteiger partial charge < -0.3 is 18.9 Å². The van der Waals surface area contributed by atoms with Crippen molar-refractivity contribution in [1.29, 1.82) is 0 Å². The first-order valence-corrected chi connectivity index (χ1v) is 35.6. The number of anilines is 4. The van der Waals surface area contributed by atoms with Gasteiger partial charge in [-0.2, -0.15) is 0 Å². The number of fused-ring (bicyclic) bond motifs is 21. The highest BCUT2D eigenvalue weighted by Gasteiger charge is 2.44. The van der Waals surface area contributed by atoms with Crippen LogP contribution in [0, 0.1) is 0 Å². The molecule has 0 saturated carbocycles. The third-order valence-electron chi connectivity index (χ3n) is 24.5. The number of para-hydroxylation sites is 1. The second-order valence-corrected chi connectivity index (χ2v) is 31.0. The lowest BCUT2D eigenvalue weighted by atomic mass is 9.79. The lowest BCUT2D eigenvalue weighted by Crippen LogP contribution is -2.45. The van der Waals surface area contributed by atoms with Crippen molar-refractivity contribution in [2.75, 3.05) is 9.80 Å². The van der Waals surface area contributed by atoms with Crippen LogP contribution in [0.2, 0.25) is 0 Å². The summed E-state index contributed by atoms with van der Waals surface area (Å²) in [5, 5.41) is 6.45. The molecule has 0 fully saturated rings. The van der Waals surface area contributed by atoms with Crippen molar-refractivity contribution in [3.63, 3.8) is 0 Å². The number of rotatable bonds is 8. The minimum atomic E-state index is -0.164. The predicted molar refractivity (Wildman–Crippen MR) is 412 cm³/mol. The fourth-order valence-electron chi connectivity index (χ4n) is 19.7. The summed E-state index contributed by atoms with van der Waals surface area (Å²) >= 11 is 0. The smallest absolute Gasteiger partial charge is 0.0560 e. The van der Waals surface area contributed by atoms with Crippen LogP contribution in [-0.2, 0) is 28.1 Å². The van der Waals surface area contributed by atoms with E-state index in [4.69, 9.17) is 0 Å². The van der Waals surface area contributed by atoms with Gasteiger partial charge in [0.2, 0.25) is 0 Å². The van der Waals surface area contributed by atoms with Gasteiger partial charge in [0.25, 0.3) is 0 Å². The Morgan fingerprint density at radius 3 is 1.49 bits per heavy atom. The van der Waals surface area contributed by atoms with Crippen molar-refractivity contribution in [1.82, 2.24) is 9.13 Å². The summed E-state index contributed by atoms with van der Waals surface area (Å²) in [7, 11) is 0. The van der Waals surface area contributed by atoms with Crippen molar-refractivity contribution in [3.05, 3.63) is 328 Å². The topological polar surface area (TPSA) is 16.3 Å². The van der Waals surface area contributed by atoms with Crippen LogP contribution in [0.5, 0.6) is 0 Å². The van der Waals surface area contributed by atoms with E-state index in [0.29, 0.717) is 0 Å². The highest BCUT2D eigenvalue weighted by Crippen LogP contribution is 2.57. The lowest BCUT2D eigenvalue weighted by molar-refractivity contribution is 0.585. The average Bonchev–Trinajstić information content (AvgIpc) is 1.55. The van der Waals surface area contributed by atoms with Crippen LogP contribution in [0.1, 0.15) is 130 Å². The number of hydrogen-bond acceptors (Lipinski definition) is 2. The zero-order valence-corrected chi connectivity index (χ0v) is 57.1. The fraction of sp³-hybridized carbons (Fsp3) is 0.191. The first-order valence-electron chi connectivity index (χ1n) is 35.6. The van der Waals surface area contributed by atoms with Gasteiger partial charge in [-0.05, 0) is 185 Å². The third-order valence-corrected chi connectivity index (χ3v) is 24.5. The fourth-order valence-corrected chi connectivity index (χ4v) is 19.7. The van der Waals surface area contributed by atoms with Crippen LogP contribution in [0.25, 0.3) is 94.2 Å². The number of hydrogen-bond donors (Lipinski definition) is 0. The monoisotopic (exact) mass is 1260 g/mol. The average molecular weight is 1260 g/mol. The second kappa shape index (κ2) is 20.4. The van der Waals surface area contributed by atoms with Crippen LogP contribution in [0.15, 0.2) is 273 Å². The Bertz CT molecular complexity index is 5710. The summed E-state index contributed by atoms with van der Waals surface area (Å²) in [5.74, 6) is 0. The van der Waals surface area contributed by atoms with Crippen LogP contribution in [0.4, 0.5) is 22.7 Å². The van der Waals surface area contributed by atoms with Gasteiger partial charge >= 0.3 is 0 Å². The zero-order valence-electron chi connectivity index (χ0n) is 57.1. The Labute approximate surface area is 575 Å². The molecule has 2 heterocycles. The quantitative estimate of drug-likeness (QED) is 0.151. The Kier molecular flexibility index (Phi) is 12.0. The van der Waals surface area contributed by atoms with E-state index in [0.717, 1.165) is 36.3 Å². The summed E-state index contributed by atoms with van der Waals surface area (Å²) < 4.78 is 5.27. The summed E-state index contributed by atoms with van der Waals surface area (Å²) in [4.78, 5) is 5.36. The molecule has 0 amide bonds. The molecule has 2 aromatic heterocycles. The van der Waals surface area contributed by atoms with Gasteiger partial charge in [-0.15, -0.1) is 0 Å². The summed E-state index contributed by atoms with van der Waals surface area (Å²) in [5.41, 5.74) is 33.7. The Balaban J connectivity index is 0.768. The minimum absolute atomic E-state index is 0.0596. The molecular weight excluding hydrogens is 1190 g/mol. The molecule has 0 radical (unpaired) electrons. The van der Waals surface area contributed by atoms with Crippen LogP contribution in [0.3, 0.4) is 0 Å². The molecule has 0 spiro atoms. The van der Waals surface area contributed by atoms with E-state index in [-0.39, 0.29) is 39.8 Å². The van der Waals surface area contributed by atoms with Gasteiger partial charge in [-0.3, -0.25) is 0 Å². The SMILES string of the molecule is CC1(C)C2=CC(N(c3ccc4c(c3)C(C)(C)c3ccccc3-4)C3C=Cc4c(n(-c5ccccc5)c5ccc6c(ccc7c6c6ccc(N(c8ccc9c(c8)C(C)(C)c8ccccc8-9)c8ccc9c(c8)C(C)(C)c8ccccc8-9)cc6n7C6C=CC=CC6)c45)C3)CC=C2c2ccccc21. The Hall–Kier alpha value is -10.7. The molecule has 98 heavy (non-hydrogen) atoms. The van der Waals surface area contributed by atoms with Crippen LogP contribution in [-0.4, -0.2) is 21.2 Å². The van der Waals surface area contributed by atoms with Crippen molar-refractivity contribution >= 4 is 77.9 Å². The van der Waals surface area contributed by atoms with Gasteiger partial charge in [0.05, 0.1) is 34.7 Å². The first kappa shape index (κ1) is 57.6. The Morgan fingerprint density at radius 1 is 0.388 bits per heavy atom. The number of aromatic nitrogens is 2. The van der Waals surface area contributed by atoms with E-state index in [1.807, 2.05) is 0 Å². The van der Waals surface area contributed by atoms with Crippen LogP contribution < -0.4 is 9.80 Å². The summed E-state index contributed by atoms with van der Waals surface area (Å²) in [6.45, 7) is 19.3. The molecule has 3 atom stereocenters. The van der Waals surface area contributed by atoms with E-state index < -0.39 is 0 Å². The molecule has 0 aliphatic heterocycles. The lowest BCUT2D eigenvalue weighted by Gasteiger charge is -2.41. The molecule has 4 heteroatoms. The van der Waals surface area contributed by atoms with E-state index >= 15 is 0 Å². The Morgan fingerprint density at radius 2 is 0.888 bits per heavy atom. The van der Waals surface area contributed by atoms with Crippen molar-refractivity contribution in [2.24, 2.45) is 0 Å². The number of allylic oxidation sites excluding steroid dienone is 6. The number of benzene rings is 11. The van der Waals surface area contributed by atoms with Crippen molar-refractivity contribution in [3.8, 4) is 39.1 Å². The molecule has 0 bridgehead atoms. The first-order chi connectivity index (χ1) is 47.6. The van der Waals surface area contributed by atoms with Gasteiger partial charge in [0.15, 0.2) is 0 Å². The molecule has 0 N–H and O–H groups in total. The van der Waals surface area contributed by atoms with Crippen molar-refractivity contribution < 1.29 is 0 Å². The maximum Gasteiger partial charge on any atom is 0.0560 e. The molecule has 13 aromatic rings. The molecule has 0 saturated heterocycles. The zero-order chi connectivity index (χ0) is 65.9. The van der Waals surface area contributed by atoms with E-state index in [9.17, 15) is 0 Å². The predicted octanol–water partition coefficient (Wildman–Crippen LogP) is 23.9. The molecule has 20 rings (SSSR count). The molecule has 3 unspecified atom stereocenters. The second-order valence-electron chi connectivity index (χ2n) is 31.0. The standard InChI is InChI=1S/C94H78N4/c1-91(2)77-31-19-15-27-65(77)69-41-35-59(51-81(69)91)95(60-36-42-70-66-28-16-20-32-78(66)92(3,4)82(70)52-60)63-39-45-75-87(55-63)97(57-23-11-9-12-24-57)85-49-47-74-73(89(75)85)48-50-86-90(74)76-46-40-64(56-88(76)98(86)58-25-13-10-14-26-58)96(61-37-43-71-67-29-17-21-33-79(67)93(5,6)83(71)53-61)62-38-44-72-68-30-18-22-34-80(68)94(7,8)84(72)54-62/h9-25,27-35,37-54,56,58,60,63H,26,36,55H2,1-8H3. The van der Waals surface area contributed by atoms with Crippen LogP contribution >= 0.6 is 0 Å². The normalized spacial score (nSPS) is 19.3. The maximum atomic E-state index is 2.81. The summed E-state index contributed by atoms with van der Waals surface area (Å²) in [6, 6.07) is 86.9. The maximum absolute atomic E-state index is 2.81. The van der Waals surface area contributed by atoms with Gasteiger partial charge in [-0.1, -0.05) is 256 Å². The molecule has 474 valence electrons. The highest BCUT2D eigenvalue weighted by molar-refractivity contribution is 6.26. The van der Waals surface area contributed by atoms with Crippen molar-refractivity contribution in [2.45, 2.75) is 114 Å². The largest absolute Gasteiger partial charge is 0.358 e. The van der Waals surface area contributed by atoms with E-state index in [2.05, 4.69) is 347 Å². The van der Waals surface area contributed by atoms with Gasteiger partial charge in [-0.25, -0.2) is 0 Å². The van der Waals surface area contributed by atoms with E-state index in [1.165, 1.54) is 155 Å². The van der Waals surface area contributed by atoms with Gasteiger partial charge in [0, 0.05) is 83.9 Å². The van der Waals surface area contributed by atoms with E-state index in [1.54, 1.807) is 0 Å². The summed E-state index contributed by atoms with van der Waals surface area (Å²) in [6.07, 6.45) is 22.2. The van der Waals surface area contributed by atoms with Gasteiger partial charge in [0.1, 0.15) is 0 Å². The molecule has 7 aliphatic rings. The molecule has 11 aromatic carbocycles. The number of nitrogens with zero attached hydrogens (tertiary/aromatic N) is 4.